The van der Waals surface area contributed by atoms with Crippen LogP contribution in [0, 0.1) is 5.92 Å². The van der Waals surface area contributed by atoms with Gasteiger partial charge in [-0.1, -0.05) is 58.9 Å². The van der Waals surface area contributed by atoms with E-state index in [-0.39, 0.29) is 17.6 Å². The van der Waals surface area contributed by atoms with Crippen LogP contribution < -0.4 is 10.5 Å². The molecule has 3 rings (SSSR count). The summed E-state index contributed by atoms with van der Waals surface area (Å²) in [5.41, 5.74) is 9.48. The fourth-order valence-electron chi connectivity index (χ4n) is 5.25. The monoisotopic (exact) mass is 400 g/mol. The Morgan fingerprint density at radius 3 is 2.59 bits per heavy atom. The van der Waals surface area contributed by atoms with Crippen molar-refractivity contribution in [3.8, 4) is 5.75 Å². The van der Waals surface area contributed by atoms with Gasteiger partial charge in [-0.05, 0) is 61.3 Å². The van der Waals surface area contributed by atoms with Gasteiger partial charge in [0.25, 0.3) is 0 Å². The Morgan fingerprint density at radius 1 is 1.17 bits per heavy atom. The Morgan fingerprint density at radius 2 is 1.90 bits per heavy atom. The fraction of sp³-hybridized carbons (Fsp3) is 0.720. The van der Waals surface area contributed by atoms with Crippen LogP contribution in [0.15, 0.2) is 18.2 Å². The van der Waals surface area contributed by atoms with Crippen molar-refractivity contribution in [3.63, 3.8) is 0 Å². The van der Waals surface area contributed by atoms with Crippen LogP contribution >= 0.6 is 0 Å². The number of ether oxygens (including phenoxy) is 1. The van der Waals surface area contributed by atoms with Gasteiger partial charge in [0.2, 0.25) is 0 Å². The number of carbonyl (C=O) groups excluding carboxylic acids is 1. The molecule has 1 fully saturated rings. The van der Waals surface area contributed by atoms with E-state index in [0.29, 0.717) is 11.7 Å². The first-order valence-corrected chi connectivity index (χ1v) is 11.8. The largest absolute Gasteiger partial charge is 0.415 e. The number of benzene rings is 1. The molecule has 1 saturated carbocycles. The summed E-state index contributed by atoms with van der Waals surface area (Å²) in [7, 11) is 0. The summed E-state index contributed by atoms with van der Waals surface area (Å²) in [5.74, 6) is 1.24. The van der Waals surface area contributed by atoms with Crippen LogP contribution in [0.4, 0.5) is 4.79 Å². The molecule has 4 nitrogen and oxygen atoms in total. The predicted octanol–water partition coefficient (Wildman–Crippen LogP) is 5.81. The van der Waals surface area contributed by atoms with E-state index in [1.54, 1.807) is 0 Å². The summed E-state index contributed by atoms with van der Waals surface area (Å²) in [5, 5.41) is 0. The van der Waals surface area contributed by atoms with Crippen LogP contribution in [0.2, 0.25) is 0 Å². The van der Waals surface area contributed by atoms with Gasteiger partial charge in [-0.15, -0.1) is 0 Å². The van der Waals surface area contributed by atoms with Gasteiger partial charge in [-0.2, -0.15) is 0 Å². The molecule has 3 atom stereocenters. The third kappa shape index (κ3) is 4.96. The quantitative estimate of drug-likeness (QED) is 0.628. The Balaban J connectivity index is 1.80. The first kappa shape index (κ1) is 22.1. The smallest absolute Gasteiger partial charge is 0.410 e. The third-order valence-electron chi connectivity index (χ3n) is 7.22. The highest BCUT2D eigenvalue weighted by molar-refractivity contribution is 5.71. The highest BCUT2D eigenvalue weighted by Crippen LogP contribution is 2.46. The maximum absolute atomic E-state index is 12.8. The lowest BCUT2D eigenvalue weighted by Crippen LogP contribution is -2.52. The van der Waals surface area contributed by atoms with Crippen molar-refractivity contribution in [2.75, 3.05) is 13.1 Å². The standard InChI is InChI=1S/C25H40N2O2/c1-4-6-15-27(16-7-5-2)24(28)29-21-13-12-19-17-20-11-9-8-10-14-25(3,23(20)26)22(19)18-21/h12-13,18,20,23H,4-11,14-17,26H2,1-3H3/t20-,23-,25+/m0/s1. The number of rotatable bonds is 7. The Labute approximate surface area is 177 Å². The van der Waals surface area contributed by atoms with E-state index in [1.165, 1.54) is 36.8 Å². The van der Waals surface area contributed by atoms with E-state index in [1.807, 2.05) is 11.0 Å². The molecule has 2 N–H and O–H groups in total. The molecule has 162 valence electrons. The molecule has 2 bridgehead atoms. The van der Waals surface area contributed by atoms with Crippen LogP contribution in [0.5, 0.6) is 5.75 Å². The van der Waals surface area contributed by atoms with E-state index in [4.69, 9.17) is 10.5 Å². The number of nitrogens with zero attached hydrogens (tertiary/aromatic N) is 1. The second-order valence-electron chi connectivity index (χ2n) is 9.39. The van der Waals surface area contributed by atoms with Gasteiger partial charge in [0.15, 0.2) is 0 Å². The lowest BCUT2D eigenvalue weighted by Gasteiger charge is -2.47. The summed E-state index contributed by atoms with van der Waals surface area (Å²) >= 11 is 0. The van der Waals surface area contributed by atoms with Crippen molar-refractivity contribution in [3.05, 3.63) is 29.3 Å². The Bertz CT molecular complexity index is 681. The van der Waals surface area contributed by atoms with Crippen molar-refractivity contribution in [1.82, 2.24) is 4.90 Å². The van der Waals surface area contributed by atoms with Gasteiger partial charge in [0.1, 0.15) is 5.75 Å². The first-order chi connectivity index (χ1) is 14.0. The molecule has 0 spiro atoms. The average Bonchev–Trinajstić information content (AvgIpc) is 2.71. The molecular formula is C25H40N2O2. The molecule has 0 aromatic heterocycles. The average molecular weight is 401 g/mol. The molecule has 0 radical (unpaired) electrons. The van der Waals surface area contributed by atoms with Crippen LogP contribution in [0.25, 0.3) is 0 Å². The fourth-order valence-corrected chi connectivity index (χ4v) is 5.25. The zero-order chi connectivity index (χ0) is 20.9. The molecule has 2 aliphatic rings. The zero-order valence-corrected chi connectivity index (χ0v) is 18.7. The van der Waals surface area contributed by atoms with E-state index in [2.05, 4.69) is 32.9 Å². The van der Waals surface area contributed by atoms with E-state index < -0.39 is 0 Å². The lowest BCUT2D eigenvalue weighted by atomic mass is 9.60. The van der Waals surface area contributed by atoms with Crippen molar-refractivity contribution < 1.29 is 9.53 Å². The Hall–Kier alpha value is -1.55. The normalized spacial score (nSPS) is 26.2. The first-order valence-electron chi connectivity index (χ1n) is 11.8. The van der Waals surface area contributed by atoms with Gasteiger partial charge >= 0.3 is 6.09 Å². The molecule has 2 aliphatic carbocycles. The molecule has 0 saturated heterocycles. The number of nitrogens with two attached hydrogens (primary N) is 1. The molecule has 29 heavy (non-hydrogen) atoms. The SMILES string of the molecule is CCCCN(CCCC)C(=O)Oc1ccc2c(c1)[C@@]1(C)CCCCC[C@@H](C2)[C@@H]1N. The van der Waals surface area contributed by atoms with E-state index in [0.717, 1.165) is 51.6 Å². The minimum absolute atomic E-state index is 0.0226. The number of carbonyl (C=O) groups is 1. The van der Waals surface area contributed by atoms with Crippen LogP contribution in [-0.2, 0) is 11.8 Å². The summed E-state index contributed by atoms with van der Waals surface area (Å²) < 4.78 is 5.86. The molecule has 0 heterocycles. The molecule has 0 unspecified atom stereocenters. The lowest BCUT2D eigenvalue weighted by molar-refractivity contribution is 0.150. The number of fused-ring (bicyclic) bond motifs is 4. The van der Waals surface area contributed by atoms with Crippen molar-refractivity contribution in [2.45, 2.75) is 96.4 Å². The van der Waals surface area contributed by atoms with Gasteiger partial charge < -0.3 is 15.4 Å². The summed E-state index contributed by atoms with van der Waals surface area (Å²) in [6, 6.07) is 6.46. The molecule has 1 aromatic rings. The highest BCUT2D eigenvalue weighted by atomic mass is 16.6. The number of hydrogen-bond donors (Lipinski definition) is 1. The van der Waals surface area contributed by atoms with Crippen molar-refractivity contribution in [1.29, 1.82) is 0 Å². The predicted molar refractivity (Wildman–Crippen MR) is 119 cm³/mol. The maximum Gasteiger partial charge on any atom is 0.415 e. The summed E-state index contributed by atoms with van der Waals surface area (Å²) in [6.07, 6.45) is 11.2. The minimum Gasteiger partial charge on any atom is -0.410 e. The van der Waals surface area contributed by atoms with Gasteiger partial charge in [0, 0.05) is 24.5 Å². The van der Waals surface area contributed by atoms with E-state index >= 15 is 0 Å². The van der Waals surface area contributed by atoms with Crippen molar-refractivity contribution in [2.24, 2.45) is 11.7 Å². The van der Waals surface area contributed by atoms with Gasteiger partial charge in [-0.3, -0.25) is 0 Å². The van der Waals surface area contributed by atoms with E-state index in [9.17, 15) is 4.79 Å². The number of unbranched alkanes of at least 4 members (excludes halogenated alkanes) is 2. The molecule has 4 heteroatoms. The summed E-state index contributed by atoms with van der Waals surface area (Å²) in [6.45, 7) is 8.17. The molecule has 1 aromatic carbocycles. The second-order valence-corrected chi connectivity index (χ2v) is 9.39. The zero-order valence-electron chi connectivity index (χ0n) is 18.7. The Kier molecular flexibility index (Phi) is 7.61. The van der Waals surface area contributed by atoms with Gasteiger partial charge in [-0.25, -0.2) is 4.79 Å². The number of hydrogen-bond acceptors (Lipinski definition) is 3. The number of amides is 1. The highest BCUT2D eigenvalue weighted by Gasteiger charge is 2.43. The molecule has 0 aliphatic heterocycles. The topological polar surface area (TPSA) is 55.6 Å². The van der Waals surface area contributed by atoms with Gasteiger partial charge in [0.05, 0.1) is 0 Å². The maximum atomic E-state index is 12.8. The molecular weight excluding hydrogens is 360 g/mol. The van der Waals surface area contributed by atoms with Crippen LogP contribution in [0.1, 0.15) is 89.7 Å². The third-order valence-corrected chi connectivity index (χ3v) is 7.22. The minimum atomic E-state index is -0.215. The van der Waals surface area contributed by atoms with Crippen LogP contribution in [0.3, 0.4) is 0 Å². The molecule has 1 amide bonds. The van der Waals surface area contributed by atoms with Crippen molar-refractivity contribution >= 4 is 6.09 Å². The van der Waals surface area contributed by atoms with Crippen LogP contribution in [-0.4, -0.2) is 30.1 Å². The second kappa shape index (κ2) is 9.97. The summed E-state index contributed by atoms with van der Waals surface area (Å²) in [4.78, 5) is 14.7.